The maximum absolute atomic E-state index is 13.8. The van der Waals surface area contributed by atoms with Gasteiger partial charge in [-0.3, -0.25) is 9.36 Å². The minimum absolute atomic E-state index is 0.0770. The molecular weight excluding hydrogens is 352 g/mol. The Morgan fingerprint density at radius 1 is 1.32 bits per heavy atom. The van der Waals surface area contributed by atoms with Crippen LogP contribution >= 0.6 is 11.8 Å². The van der Waals surface area contributed by atoms with Gasteiger partial charge in [0.2, 0.25) is 5.43 Å². The van der Waals surface area contributed by atoms with Gasteiger partial charge in [0.15, 0.2) is 11.6 Å². The van der Waals surface area contributed by atoms with E-state index < -0.39 is 23.0 Å². The van der Waals surface area contributed by atoms with E-state index in [9.17, 15) is 18.4 Å². The summed E-state index contributed by atoms with van der Waals surface area (Å²) in [4.78, 5) is 25.1. The lowest BCUT2D eigenvalue weighted by Crippen LogP contribution is -2.23. The van der Waals surface area contributed by atoms with Gasteiger partial charge < -0.3 is 9.15 Å². The molecule has 2 aromatic heterocycles. The van der Waals surface area contributed by atoms with E-state index in [1.807, 2.05) is 0 Å². The second kappa shape index (κ2) is 6.72. The molecule has 0 spiro atoms. The van der Waals surface area contributed by atoms with Gasteiger partial charge in [-0.15, -0.1) is 11.8 Å². The Bertz CT molecular complexity index is 1010. The number of hydrogen-bond acceptors (Lipinski definition) is 5. The second-order valence-electron chi connectivity index (χ2n) is 5.03. The van der Waals surface area contributed by atoms with E-state index in [2.05, 4.69) is 0 Å². The van der Waals surface area contributed by atoms with Crippen LogP contribution in [0.3, 0.4) is 0 Å². The van der Waals surface area contributed by atoms with Crippen molar-refractivity contribution in [2.24, 2.45) is 0 Å². The summed E-state index contributed by atoms with van der Waals surface area (Å²) in [6.45, 7) is 1.69. The maximum atomic E-state index is 13.8. The van der Waals surface area contributed by atoms with Crippen molar-refractivity contribution in [2.75, 3.05) is 12.9 Å². The molecule has 3 aromatic rings. The van der Waals surface area contributed by atoms with Crippen molar-refractivity contribution in [1.82, 2.24) is 4.57 Å². The summed E-state index contributed by atoms with van der Waals surface area (Å²) in [7, 11) is 0. The Morgan fingerprint density at radius 2 is 2.04 bits per heavy atom. The number of fused-ring (bicyclic) bond motifs is 1. The summed E-state index contributed by atoms with van der Waals surface area (Å²) < 4.78 is 39.0. The Hall–Kier alpha value is -2.61. The molecule has 0 fully saturated rings. The SMILES string of the molecule is CCOC(=O)c1c(SC)n(-c2ccoc2)c2cc(F)c(F)cc2c1=O. The van der Waals surface area contributed by atoms with Crippen molar-refractivity contribution in [3.05, 3.63) is 58.1 Å². The van der Waals surface area contributed by atoms with E-state index >= 15 is 0 Å². The highest BCUT2D eigenvalue weighted by Gasteiger charge is 2.25. The highest BCUT2D eigenvalue weighted by molar-refractivity contribution is 7.98. The third-order valence-electron chi connectivity index (χ3n) is 3.61. The Kier molecular flexibility index (Phi) is 4.63. The number of furan rings is 1. The van der Waals surface area contributed by atoms with Gasteiger partial charge in [-0.2, -0.15) is 0 Å². The highest BCUT2D eigenvalue weighted by atomic mass is 32.2. The van der Waals surface area contributed by atoms with Crippen LogP contribution in [-0.2, 0) is 4.74 Å². The van der Waals surface area contributed by atoms with Gasteiger partial charge in [0, 0.05) is 12.1 Å². The summed E-state index contributed by atoms with van der Waals surface area (Å²) in [6.07, 6.45) is 4.44. The van der Waals surface area contributed by atoms with E-state index in [0.717, 1.165) is 23.9 Å². The van der Waals surface area contributed by atoms with Crippen molar-refractivity contribution in [3.63, 3.8) is 0 Å². The zero-order valence-electron chi connectivity index (χ0n) is 13.3. The quantitative estimate of drug-likeness (QED) is 0.520. The number of pyridine rings is 1. The number of carbonyl (C=O) groups excluding carboxylic acids is 1. The first-order chi connectivity index (χ1) is 12.0. The number of esters is 1. The van der Waals surface area contributed by atoms with Crippen LogP contribution < -0.4 is 5.43 Å². The fourth-order valence-electron chi connectivity index (χ4n) is 2.57. The topological polar surface area (TPSA) is 61.4 Å². The number of aromatic nitrogens is 1. The van der Waals surface area contributed by atoms with Crippen LogP contribution in [0, 0.1) is 11.6 Å². The van der Waals surface area contributed by atoms with Crippen LogP contribution in [0.2, 0.25) is 0 Å². The molecule has 25 heavy (non-hydrogen) atoms. The molecule has 0 N–H and O–H groups in total. The lowest BCUT2D eigenvalue weighted by atomic mass is 10.1. The van der Waals surface area contributed by atoms with Gasteiger partial charge in [0.05, 0.1) is 34.5 Å². The largest absolute Gasteiger partial charge is 0.470 e. The van der Waals surface area contributed by atoms with Crippen molar-refractivity contribution in [3.8, 4) is 5.69 Å². The fraction of sp³-hybridized carbons (Fsp3) is 0.176. The van der Waals surface area contributed by atoms with Crippen LogP contribution in [0.15, 0.2) is 45.0 Å². The van der Waals surface area contributed by atoms with E-state index in [-0.39, 0.29) is 28.1 Å². The average Bonchev–Trinajstić information content (AvgIpc) is 3.10. The van der Waals surface area contributed by atoms with Gasteiger partial charge in [-0.1, -0.05) is 0 Å². The number of benzene rings is 1. The maximum Gasteiger partial charge on any atom is 0.344 e. The summed E-state index contributed by atoms with van der Waals surface area (Å²) in [5.74, 6) is -3.09. The molecule has 0 atom stereocenters. The van der Waals surface area contributed by atoms with Gasteiger partial charge in [0.1, 0.15) is 11.8 Å². The Balaban J connectivity index is 2.52. The molecule has 0 aliphatic rings. The monoisotopic (exact) mass is 365 g/mol. The van der Waals surface area contributed by atoms with E-state index in [1.165, 1.54) is 17.1 Å². The fourth-order valence-corrected chi connectivity index (χ4v) is 3.34. The minimum Gasteiger partial charge on any atom is -0.470 e. The molecule has 0 unspecified atom stereocenters. The standard InChI is InChI=1S/C17H13F2NO4S/c1-3-24-17(22)14-15(21)10-6-11(18)12(19)7-13(10)20(16(14)25-2)9-4-5-23-8-9/h4-8H,3H2,1-2H3. The molecule has 0 aliphatic carbocycles. The Morgan fingerprint density at radius 3 is 2.64 bits per heavy atom. The van der Waals surface area contributed by atoms with Crippen molar-refractivity contribution >= 4 is 28.6 Å². The van der Waals surface area contributed by atoms with Crippen molar-refractivity contribution < 1.29 is 22.7 Å². The molecule has 0 bridgehead atoms. The third-order valence-corrected chi connectivity index (χ3v) is 4.38. The summed E-state index contributed by atoms with van der Waals surface area (Å²) in [6, 6.07) is 3.30. The van der Waals surface area contributed by atoms with Crippen LogP contribution in [-0.4, -0.2) is 23.4 Å². The van der Waals surface area contributed by atoms with Gasteiger partial charge >= 0.3 is 5.97 Å². The smallest absolute Gasteiger partial charge is 0.344 e. The molecule has 0 aliphatic heterocycles. The highest BCUT2D eigenvalue weighted by Crippen LogP contribution is 2.29. The number of nitrogens with zero attached hydrogens (tertiary/aromatic N) is 1. The van der Waals surface area contributed by atoms with Crippen molar-refractivity contribution in [1.29, 1.82) is 0 Å². The molecule has 2 heterocycles. The van der Waals surface area contributed by atoms with Crippen molar-refractivity contribution in [2.45, 2.75) is 11.9 Å². The van der Waals surface area contributed by atoms with Gasteiger partial charge in [-0.25, -0.2) is 13.6 Å². The van der Waals surface area contributed by atoms with Crippen LogP contribution in [0.5, 0.6) is 0 Å². The summed E-state index contributed by atoms with van der Waals surface area (Å²) in [5.41, 5.74) is -0.348. The molecule has 0 radical (unpaired) electrons. The lowest BCUT2D eigenvalue weighted by Gasteiger charge is -2.17. The molecule has 0 saturated carbocycles. The summed E-state index contributed by atoms with van der Waals surface area (Å²) >= 11 is 1.12. The predicted molar refractivity (Wildman–Crippen MR) is 89.5 cm³/mol. The molecule has 0 saturated heterocycles. The minimum atomic E-state index is -1.17. The molecule has 130 valence electrons. The normalized spacial score (nSPS) is 11.0. The van der Waals surface area contributed by atoms with E-state index in [1.54, 1.807) is 19.2 Å². The lowest BCUT2D eigenvalue weighted by molar-refractivity contribution is 0.0519. The zero-order chi connectivity index (χ0) is 18.1. The average molecular weight is 365 g/mol. The first kappa shape index (κ1) is 17.2. The van der Waals surface area contributed by atoms with Gasteiger partial charge in [-0.05, 0) is 19.2 Å². The van der Waals surface area contributed by atoms with E-state index in [4.69, 9.17) is 9.15 Å². The molecule has 1 aromatic carbocycles. The molecular formula is C17H13F2NO4S. The first-order valence-corrected chi connectivity index (χ1v) is 8.53. The Labute approximate surface area is 145 Å². The van der Waals surface area contributed by atoms with Crippen LogP contribution in [0.1, 0.15) is 17.3 Å². The van der Waals surface area contributed by atoms with Gasteiger partial charge in [0.25, 0.3) is 0 Å². The number of ether oxygens (including phenoxy) is 1. The van der Waals surface area contributed by atoms with Crippen LogP contribution in [0.4, 0.5) is 8.78 Å². The number of hydrogen-bond donors (Lipinski definition) is 0. The number of thioether (sulfide) groups is 1. The second-order valence-corrected chi connectivity index (χ2v) is 5.83. The number of carbonyl (C=O) groups is 1. The zero-order valence-corrected chi connectivity index (χ0v) is 14.2. The third kappa shape index (κ3) is 2.82. The summed E-state index contributed by atoms with van der Waals surface area (Å²) in [5, 5.41) is 0.129. The molecule has 3 rings (SSSR count). The first-order valence-electron chi connectivity index (χ1n) is 7.31. The van der Waals surface area contributed by atoms with Crippen LogP contribution in [0.25, 0.3) is 16.6 Å². The predicted octanol–water partition coefficient (Wildman–Crippen LogP) is 3.76. The molecule has 0 amide bonds. The number of halogens is 2. The van der Waals surface area contributed by atoms with E-state index in [0.29, 0.717) is 5.69 Å². The molecule has 5 nitrogen and oxygen atoms in total. The molecule has 8 heteroatoms. The number of rotatable bonds is 4.